The van der Waals surface area contributed by atoms with E-state index < -0.39 is 18.5 Å². The minimum absolute atomic E-state index is 0.160. The van der Waals surface area contributed by atoms with Crippen LogP contribution in [0.5, 0.6) is 0 Å². The van der Waals surface area contributed by atoms with Crippen molar-refractivity contribution in [3.05, 3.63) is 0 Å². The van der Waals surface area contributed by atoms with E-state index in [1.165, 1.54) is 0 Å². The Morgan fingerprint density at radius 2 is 0.783 bits per heavy atom. The number of rotatable bonds is 3. The van der Waals surface area contributed by atoms with Crippen LogP contribution in [0.4, 0.5) is 43.9 Å². The van der Waals surface area contributed by atoms with E-state index in [0.29, 0.717) is 34.4 Å². The molecule has 0 aliphatic carbocycles. The van der Waals surface area contributed by atoms with Crippen LogP contribution in [0.1, 0.15) is 33.6 Å². The van der Waals surface area contributed by atoms with Gasteiger partial charge in [0.25, 0.3) is 0 Å². The van der Waals surface area contributed by atoms with Crippen molar-refractivity contribution in [3.63, 3.8) is 0 Å². The molecular weight excluding hydrogens is 346 g/mol. The highest BCUT2D eigenvalue weighted by Crippen LogP contribution is 2.33. The van der Waals surface area contributed by atoms with Gasteiger partial charge in [-0.05, 0) is 19.8 Å². The van der Waals surface area contributed by atoms with Crippen LogP contribution in [-0.2, 0) is 0 Å². The monoisotopic (exact) mass is 374 g/mol. The highest BCUT2D eigenvalue weighted by Gasteiger charge is 2.52. The molecule has 0 aromatic rings. The van der Waals surface area contributed by atoms with Gasteiger partial charge in [0.1, 0.15) is 6.67 Å². The van der Waals surface area contributed by atoms with Crippen molar-refractivity contribution < 1.29 is 43.9 Å². The average molecular weight is 374 g/mol. The van der Waals surface area contributed by atoms with E-state index in [1.54, 1.807) is 13.8 Å². The molecule has 0 rings (SSSR count). The van der Waals surface area contributed by atoms with Gasteiger partial charge >= 0.3 is 6.18 Å². The summed E-state index contributed by atoms with van der Waals surface area (Å²) >= 11 is 0. The molecule has 0 aliphatic rings. The molecular formula is C13H28F10. The standard InChI is InChI=1S/C4H5F5.2C3H7F.3CH3F/c1-3(6,2-5)4(7,8)9;2*1-2-3-4;3*1-2/h2H2,1H3;2*2-3H2,1H3;3*1H3. The van der Waals surface area contributed by atoms with Crippen LogP contribution in [-0.4, -0.2) is 53.4 Å². The topological polar surface area (TPSA) is 0 Å². The van der Waals surface area contributed by atoms with Crippen molar-refractivity contribution >= 4 is 0 Å². The zero-order chi connectivity index (χ0) is 20.5. The van der Waals surface area contributed by atoms with Gasteiger partial charge in [-0.1, -0.05) is 13.8 Å². The molecule has 0 aliphatic heterocycles. The number of hydrogen-bond donors (Lipinski definition) is 0. The first-order chi connectivity index (χ1) is 10.6. The molecule has 0 N–H and O–H groups in total. The molecule has 0 heterocycles. The third-order valence-electron chi connectivity index (χ3n) is 1.22. The fourth-order valence-electron chi connectivity index (χ4n) is 0.0758. The molecule has 0 nitrogen and oxygen atoms in total. The van der Waals surface area contributed by atoms with E-state index in [-0.39, 0.29) is 20.3 Å². The van der Waals surface area contributed by atoms with Crippen molar-refractivity contribution in [1.82, 2.24) is 0 Å². The third-order valence-corrected chi connectivity index (χ3v) is 1.22. The molecule has 0 aromatic heterocycles. The second-order valence-corrected chi connectivity index (χ2v) is 3.21. The van der Waals surface area contributed by atoms with Crippen LogP contribution in [0.2, 0.25) is 0 Å². The van der Waals surface area contributed by atoms with Crippen LogP contribution in [0, 0.1) is 0 Å². The van der Waals surface area contributed by atoms with Crippen molar-refractivity contribution in [2.45, 2.75) is 45.5 Å². The summed E-state index contributed by atoms with van der Waals surface area (Å²) in [7, 11) is 1.50. The van der Waals surface area contributed by atoms with Crippen LogP contribution in [0.3, 0.4) is 0 Å². The Morgan fingerprint density at radius 1 is 0.609 bits per heavy atom. The van der Waals surface area contributed by atoms with Crippen molar-refractivity contribution in [2.24, 2.45) is 0 Å². The van der Waals surface area contributed by atoms with Gasteiger partial charge in [0.2, 0.25) is 5.67 Å². The van der Waals surface area contributed by atoms with E-state index in [2.05, 4.69) is 0 Å². The maximum absolute atomic E-state index is 11.8. The van der Waals surface area contributed by atoms with Gasteiger partial charge in [-0.3, -0.25) is 22.0 Å². The Hall–Kier alpha value is -0.700. The fourth-order valence-corrected chi connectivity index (χ4v) is 0.0758. The van der Waals surface area contributed by atoms with Gasteiger partial charge < -0.3 is 0 Å². The van der Waals surface area contributed by atoms with Gasteiger partial charge in [0, 0.05) is 0 Å². The summed E-state index contributed by atoms with van der Waals surface area (Å²) in [6, 6.07) is 0. The SMILES string of the molecule is CC(F)(CF)C(F)(F)F.CCCF.CCCF.CF.CF.CF. The van der Waals surface area contributed by atoms with Gasteiger partial charge in [-0.2, -0.15) is 13.2 Å². The molecule has 0 amide bonds. The molecule has 23 heavy (non-hydrogen) atoms. The number of hydrogen-bond acceptors (Lipinski definition) is 0. The molecule has 0 aromatic carbocycles. The second kappa shape index (κ2) is 33.0. The lowest BCUT2D eigenvalue weighted by Crippen LogP contribution is -2.39. The molecule has 10 heteroatoms. The first-order valence-corrected chi connectivity index (χ1v) is 6.21. The largest absolute Gasteiger partial charge is 0.424 e. The molecule has 0 radical (unpaired) electrons. The first kappa shape index (κ1) is 38.1. The van der Waals surface area contributed by atoms with Crippen LogP contribution < -0.4 is 0 Å². The van der Waals surface area contributed by atoms with Gasteiger partial charge in [-0.25, -0.2) is 8.78 Å². The Labute approximate surface area is 132 Å². The lowest BCUT2D eigenvalue weighted by atomic mass is 10.1. The smallest absolute Gasteiger partial charge is 0.255 e. The van der Waals surface area contributed by atoms with Gasteiger partial charge in [0.15, 0.2) is 0 Å². The average Bonchev–Trinajstić information content (AvgIpc) is 2.59. The van der Waals surface area contributed by atoms with E-state index in [1.807, 2.05) is 0 Å². The van der Waals surface area contributed by atoms with Crippen LogP contribution in [0.15, 0.2) is 0 Å². The quantitative estimate of drug-likeness (QED) is 0.480. The molecule has 1 atom stereocenters. The fraction of sp³-hybridized carbons (Fsp3) is 1.00. The summed E-state index contributed by atoms with van der Waals surface area (Å²) in [5.41, 5.74) is -3.69. The first-order valence-electron chi connectivity index (χ1n) is 6.21. The summed E-state index contributed by atoms with van der Waals surface area (Å²) in [6.07, 6.45) is -3.79. The van der Waals surface area contributed by atoms with Gasteiger partial charge in [0.05, 0.1) is 34.9 Å². The molecule has 0 saturated heterocycles. The Kier molecular flexibility index (Phi) is 54.7. The number of halogens is 10. The lowest BCUT2D eigenvalue weighted by molar-refractivity contribution is -0.227. The molecule has 150 valence electrons. The molecule has 1 unspecified atom stereocenters. The van der Waals surface area contributed by atoms with E-state index in [0.717, 1.165) is 0 Å². The molecule has 0 fully saturated rings. The van der Waals surface area contributed by atoms with Gasteiger partial charge in [-0.15, -0.1) is 0 Å². The molecule has 0 saturated carbocycles. The predicted octanol–water partition coefficient (Wildman–Crippen LogP) is 6.74. The second-order valence-electron chi connectivity index (χ2n) is 3.21. The number of alkyl halides is 10. The summed E-state index contributed by atoms with van der Waals surface area (Å²) in [5.74, 6) is 0. The molecule has 0 spiro atoms. The van der Waals surface area contributed by atoms with E-state index in [9.17, 15) is 43.9 Å². The normalized spacial score (nSPS) is 11.0. The van der Waals surface area contributed by atoms with Crippen LogP contribution >= 0.6 is 0 Å². The molecule has 0 bridgehead atoms. The summed E-state index contributed by atoms with van der Waals surface area (Å²) in [4.78, 5) is 0. The minimum Gasteiger partial charge on any atom is -0.255 e. The lowest BCUT2D eigenvalue weighted by Gasteiger charge is -2.19. The zero-order valence-electron chi connectivity index (χ0n) is 14.3. The Bertz CT molecular complexity index is 140. The Balaban J connectivity index is -0.0000000438. The van der Waals surface area contributed by atoms with Crippen LogP contribution in [0.25, 0.3) is 0 Å². The highest BCUT2D eigenvalue weighted by atomic mass is 19.4. The highest BCUT2D eigenvalue weighted by molar-refractivity contribution is 4.80. The summed E-state index contributed by atoms with van der Waals surface area (Å²) in [6.45, 7) is 1.38. The van der Waals surface area contributed by atoms with Crippen molar-refractivity contribution in [3.8, 4) is 0 Å². The maximum atomic E-state index is 11.8. The van der Waals surface area contributed by atoms with E-state index in [4.69, 9.17) is 0 Å². The minimum atomic E-state index is -5.10. The summed E-state index contributed by atoms with van der Waals surface area (Å²) in [5, 5.41) is 0. The predicted molar refractivity (Wildman–Crippen MR) is 75.2 cm³/mol. The Morgan fingerprint density at radius 3 is 0.783 bits per heavy atom. The summed E-state index contributed by atoms with van der Waals surface area (Å²) < 4.78 is 107. The van der Waals surface area contributed by atoms with E-state index >= 15 is 0 Å². The van der Waals surface area contributed by atoms with Crippen molar-refractivity contribution in [1.29, 1.82) is 0 Å². The maximum Gasteiger partial charge on any atom is 0.424 e. The third kappa shape index (κ3) is 44.9. The van der Waals surface area contributed by atoms with Crippen molar-refractivity contribution in [2.75, 3.05) is 41.6 Å². The zero-order valence-corrected chi connectivity index (χ0v) is 14.3.